The summed E-state index contributed by atoms with van der Waals surface area (Å²) in [6.45, 7) is 0.123. The molecular weight excluding hydrogens is 385 g/mol. The summed E-state index contributed by atoms with van der Waals surface area (Å²) in [5, 5.41) is 2.31. The number of halogens is 4. The molecular formula is C16H19Cl2F2N6+. The van der Waals surface area contributed by atoms with Gasteiger partial charge in [0, 0.05) is 18.5 Å². The summed E-state index contributed by atoms with van der Waals surface area (Å²) in [4.78, 5) is 8.50. The van der Waals surface area contributed by atoms with E-state index >= 15 is 0 Å². The standard InChI is InChI=1S/C16H18Cl2F2N6/c1-22-26(8-10-4-2-3-5-11(10)17)14-12(21)13(23-15(18)24-14)25-7-6-16(19,20)9-25/h2-5,22H,6-9,21H2,1H3/p+1. The highest BCUT2D eigenvalue weighted by Crippen LogP contribution is 2.35. The molecule has 0 aliphatic carbocycles. The molecule has 1 fully saturated rings. The maximum Gasteiger partial charge on any atom is 0.334 e. The predicted octanol–water partition coefficient (Wildman–Crippen LogP) is 2.77. The largest absolute Gasteiger partial charge is 0.389 e. The highest BCUT2D eigenvalue weighted by Gasteiger charge is 2.43. The van der Waals surface area contributed by atoms with Crippen LogP contribution in [0.5, 0.6) is 0 Å². The molecule has 6 nitrogen and oxygen atoms in total. The first-order valence-electron chi connectivity index (χ1n) is 8.00. The number of nitrogen functional groups attached to an aromatic ring is 1. The van der Waals surface area contributed by atoms with E-state index in [9.17, 15) is 8.78 Å². The van der Waals surface area contributed by atoms with E-state index in [4.69, 9.17) is 28.9 Å². The van der Waals surface area contributed by atoms with Crippen LogP contribution < -0.4 is 26.1 Å². The maximum absolute atomic E-state index is 13.6. The van der Waals surface area contributed by atoms with E-state index in [0.717, 1.165) is 5.56 Å². The van der Waals surface area contributed by atoms with E-state index in [2.05, 4.69) is 15.4 Å². The molecule has 0 saturated carbocycles. The molecule has 3 rings (SSSR count). The molecule has 1 aromatic heterocycles. The van der Waals surface area contributed by atoms with Crippen LogP contribution in [0.1, 0.15) is 12.0 Å². The molecule has 0 spiro atoms. The number of alkyl halides is 2. The average molecular weight is 404 g/mol. The van der Waals surface area contributed by atoms with Crippen LogP contribution in [-0.2, 0) is 6.54 Å². The van der Waals surface area contributed by atoms with Gasteiger partial charge in [0.15, 0.2) is 5.69 Å². The number of nitrogens with two attached hydrogens (primary N) is 1. The minimum Gasteiger partial charge on any atom is -0.389 e. The van der Waals surface area contributed by atoms with Crippen LogP contribution in [0, 0.1) is 0 Å². The molecule has 1 saturated heterocycles. The Hall–Kier alpha value is -1.90. The highest BCUT2D eigenvalue weighted by atomic mass is 35.5. The number of rotatable bonds is 5. The van der Waals surface area contributed by atoms with Gasteiger partial charge in [-0.3, -0.25) is 9.91 Å². The first kappa shape index (κ1) is 18.9. The zero-order valence-corrected chi connectivity index (χ0v) is 15.6. The van der Waals surface area contributed by atoms with Crippen molar-refractivity contribution in [2.75, 3.05) is 35.8 Å². The van der Waals surface area contributed by atoms with Crippen molar-refractivity contribution in [2.45, 2.75) is 18.9 Å². The highest BCUT2D eigenvalue weighted by molar-refractivity contribution is 6.31. The molecule has 2 heterocycles. The lowest BCUT2D eigenvalue weighted by Crippen LogP contribution is -2.38. The van der Waals surface area contributed by atoms with Gasteiger partial charge in [0.05, 0.1) is 13.1 Å². The molecule has 0 radical (unpaired) electrons. The van der Waals surface area contributed by atoms with Crippen molar-refractivity contribution in [1.82, 2.24) is 10.4 Å². The minimum atomic E-state index is -2.75. The number of hydrogen-bond donors (Lipinski definition) is 2. The number of hydrogen-bond acceptors (Lipinski definition) is 5. The number of hydrazine groups is 1. The third-order valence-corrected chi connectivity index (χ3v) is 4.77. The zero-order valence-electron chi connectivity index (χ0n) is 14.1. The van der Waals surface area contributed by atoms with Gasteiger partial charge < -0.3 is 5.73 Å². The second-order valence-corrected chi connectivity index (χ2v) is 6.81. The Morgan fingerprint density at radius 3 is 2.73 bits per heavy atom. The Morgan fingerprint density at radius 2 is 2.12 bits per heavy atom. The van der Waals surface area contributed by atoms with E-state index in [-0.39, 0.29) is 23.9 Å². The average Bonchev–Trinajstić information content (AvgIpc) is 2.96. The van der Waals surface area contributed by atoms with Crippen molar-refractivity contribution < 1.29 is 13.8 Å². The Kier molecular flexibility index (Phi) is 5.36. The van der Waals surface area contributed by atoms with Gasteiger partial charge in [-0.15, -0.1) is 0 Å². The summed E-state index contributed by atoms with van der Waals surface area (Å²) < 4.78 is 27.2. The first-order chi connectivity index (χ1) is 12.3. The number of aromatic nitrogens is 2. The Morgan fingerprint density at radius 1 is 1.38 bits per heavy atom. The molecule has 1 aliphatic rings. The number of aromatic amines is 1. The topological polar surface area (TPSA) is 71.6 Å². The lowest BCUT2D eigenvalue weighted by atomic mass is 10.2. The quantitative estimate of drug-likeness (QED) is 0.593. The number of nitrogens with one attached hydrogen (secondary N) is 2. The fourth-order valence-corrected chi connectivity index (χ4v) is 3.26. The molecule has 140 valence electrons. The second kappa shape index (κ2) is 7.38. The van der Waals surface area contributed by atoms with Crippen LogP contribution in [0.25, 0.3) is 0 Å². The summed E-state index contributed by atoms with van der Waals surface area (Å²) >= 11 is 12.3. The van der Waals surface area contributed by atoms with Gasteiger partial charge in [0.1, 0.15) is 6.54 Å². The first-order valence-corrected chi connectivity index (χ1v) is 8.76. The maximum atomic E-state index is 13.6. The molecule has 0 atom stereocenters. The number of nitrogens with zero attached hydrogens (tertiary/aromatic N) is 3. The fourth-order valence-electron chi connectivity index (χ4n) is 2.89. The Labute approximate surface area is 159 Å². The smallest absolute Gasteiger partial charge is 0.334 e. The van der Waals surface area contributed by atoms with Crippen molar-refractivity contribution >= 4 is 40.5 Å². The van der Waals surface area contributed by atoms with Gasteiger partial charge in [-0.05, 0) is 23.2 Å². The zero-order chi connectivity index (χ0) is 18.9. The third kappa shape index (κ3) is 3.92. The van der Waals surface area contributed by atoms with E-state index in [1.54, 1.807) is 18.1 Å². The monoisotopic (exact) mass is 403 g/mol. The molecule has 10 heteroatoms. The number of anilines is 3. The molecule has 26 heavy (non-hydrogen) atoms. The van der Waals surface area contributed by atoms with Crippen molar-refractivity contribution in [3.8, 4) is 0 Å². The molecule has 2 aromatic rings. The summed E-state index contributed by atoms with van der Waals surface area (Å²) in [7, 11) is 1.70. The lowest BCUT2D eigenvalue weighted by molar-refractivity contribution is -0.365. The molecule has 1 aromatic carbocycles. The summed E-state index contributed by atoms with van der Waals surface area (Å²) in [6.07, 6.45) is -0.231. The van der Waals surface area contributed by atoms with Gasteiger partial charge in [-0.1, -0.05) is 34.8 Å². The van der Waals surface area contributed by atoms with Gasteiger partial charge in [0.25, 0.3) is 17.6 Å². The normalized spacial score (nSPS) is 16.1. The summed E-state index contributed by atoms with van der Waals surface area (Å²) in [6, 6.07) is 7.37. The van der Waals surface area contributed by atoms with Crippen molar-refractivity contribution in [3.63, 3.8) is 0 Å². The SMILES string of the molecule is CNN(Cc1ccccc1Cl)c1nc(Cl)[nH+]c(N2CCC(F)(F)C2)c1N. The molecule has 1 aliphatic heterocycles. The molecule has 0 bridgehead atoms. The Bertz CT molecular complexity index is 804. The van der Waals surface area contributed by atoms with E-state index in [0.29, 0.717) is 23.2 Å². The molecule has 0 amide bonds. The van der Waals surface area contributed by atoms with Crippen LogP contribution >= 0.6 is 23.2 Å². The van der Waals surface area contributed by atoms with Crippen molar-refractivity contribution in [1.29, 1.82) is 0 Å². The van der Waals surface area contributed by atoms with Gasteiger partial charge in [0.2, 0.25) is 0 Å². The van der Waals surface area contributed by atoms with Crippen LogP contribution in [0.4, 0.5) is 26.1 Å². The van der Waals surface area contributed by atoms with Gasteiger partial charge in [-0.25, -0.2) is 19.2 Å². The fraction of sp³-hybridized carbons (Fsp3) is 0.375. The van der Waals surface area contributed by atoms with E-state index < -0.39 is 12.5 Å². The number of benzene rings is 1. The van der Waals surface area contributed by atoms with Crippen LogP contribution in [0.3, 0.4) is 0 Å². The van der Waals surface area contributed by atoms with E-state index in [1.807, 2.05) is 18.2 Å². The summed E-state index contributed by atoms with van der Waals surface area (Å²) in [5.74, 6) is -2.09. The van der Waals surface area contributed by atoms with Gasteiger partial charge in [-0.2, -0.15) is 0 Å². The number of H-pyrrole nitrogens is 1. The lowest BCUT2D eigenvalue weighted by Gasteiger charge is -2.23. The Balaban J connectivity index is 1.94. The second-order valence-electron chi connectivity index (χ2n) is 6.04. The summed E-state index contributed by atoms with van der Waals surface area (Å²) in [5.41, 5.74) is 10.3. The molecule has 0 unspecified atom stereocenters. The van der Waals surface area contributed by atoms with Gasteiger partial charge >= 0.3 is 5.28 Å². The van der Waals surface area contributed by atoms with Crippen LogP contribution in [-0.4, -0.2) is 31.0 Å². The van der Waals surface area contributed by atoms with Crippen LogP contribution in [0.15, 0.2) is 24.3 Å². The van der Waals surface area contributed by atoms with E-state index in [1.165, 1.54) is 4.90 Å². The van der Waals surface area contributed by atoms with Crippen molar-refractivity contribution in [3.05, 3.63) is 40.1 Å². The van der Waals surface area contributed by atoms with Crippen LogP contribution in [0.2, 0.25) is 10.3 Å². The predicted molar refractivity (Wildman–Crippen MR) is 98.7 cm³/mol. The van der Waals surface area contributed by atoms with Crippen molar-refractivity contribution in [2.24, 2.45) is 0 Å². The third-order valence-electron chi connectivity index (χ3n) is 4.22. The minimum absolute atomic E-state index is 0.0545. The molecule has 4 N–H and O–H groups in total.